The second-order valence-electron chi connectivity index (χ2n) is 11.1. The lowest BCUT2D eigenvalue weighted by Gasteiger charge is -2.38. The highest BCUT2D eigenvalue weighted by Gasteiger charge is 2.38. The monoisotopic (exact) mass is 593 g/mol. The van der Waals surface area contributed by atoms with Gasteiger partial charge in [0.15, 0.2) is 6.10 Å². The third-order valence-electron chi connectivity index (χ3n) is 7.51. The molecule has 2 saturated heterocycles. The van der Waals surface area contributed by atoms with Gasteiger partial charge in [0.25, 0.3) is 11.8 Å². The fourth-order valence-electron chi connectivity index (χ4n) is 5.21. The van der Waals surface area contributed by atoms with E-state index in [9.17, 15) is 24.0 Å². The zero-order chi connectivity index (χ0) is 31.1. The molecule has 3 N–H and O–H groups in total. The summed E-state index contributed by atoms with van der Waals surface area (Å²) in [6.07, 6.45) is -1.70. The number of likely N-dealkylation sites (N-methyl/N-ethyl adjacent to an activating group) is 1. The summed E-state index contributed by atoms with van der Waals surface area (Å²) >= 11 is 0. The minimum atomic E-state index is -1.13. The lowest BCUT2D eigenvalue weighted by atomic mass is 10.0. The van der Waals surface area contributed by atoms with E-state index >= 15 is 0 Å². The Kier molecular flexibility index (Phi) is 10.4. The van der Waals surface area contributed by atoms with Crippen LogP contribution in [0.25, 0.3) is 0 Å². The summed E-state index contributed by atoms with van der Waals surface area (Å²) in [6.45, 7) is 3.29. The molecule has 2 heterocycles. The van der Waals surface area contributed by atoms with Crippen molar-refractivity contribution < 1.29 is 33.4 Å². The number of nitrogens with one attached hydrogen (secondary N) is 3. The van der Waals surface area contributed by atoms with Gasteiger partial charge in [0, 0.05) is 26.6 Å². The molecule has 230 valence electrons. The van der Waals surface area contributed by atoms with Crippen LogP contribution in [0.3, 0.4) is 0 Å². The fraction of sp³-hybridized carbons (Fsp3) is 0.452. The van der Waals surface area contributed by atoms with E-state index in [1.807, 2.05) is 30.3 Å². The molecule has 4 rings (SSSR count). The molecule has 0 aliphatic carbocycles. The number of nitrogens with zero attached hydrogens (tertiary/aromatic N) is 2. The maximum atomic E-state index is 13.7. The van der Waals surface area contributed by atoms with E-state index in [4.69, 9.17) is 9.47 Å². The number of hydrogen-bond donors (Lipinski definition) is 3. The van der Waals surface area contributed by atoms with E-state index < -0.39 is 47.9 Å². The Morgan fingerprint density at radius 2 is 1.67 bits per heavy atom. The first-order valence-electron chi connectivity index (χ1n) is 14.3. The summed E-state index contributed by atoms with van der Waals surface area (Å²) < 4.78 is 11.5. The number of methoxy groups -OCH3 is 1. The molecule has 0 saturated carbocycles. The lowest BCUT2D eigenvalue weighted by molar-refractivity contribution is -0.148. The molecule has 12 heteroatoms. The third-order valence-corrected chi connectivity index (χ3v) is 7.51. The van der Waals surface area contributed by atoms with E-state index in [1.165, 1.54) is 24.0 Å². The number of hydrogen-bond acceptors (Lipinski definition) is 7. The minimum absolute atomic E-state index is 0.0102. The maximum Gasteiger partial charge on any atom is 0.257 e. The van der Waals surface area contributed by atoms with Gasteiger partial charge in [0.1, 0.15) is 17.8 Å². The van der Waals surface area contributed by atoms with Gasteiger partial charge in [-0.1, -0.05) is 56.3 Å². The van der Waals surface area contributed by atoms with E-state index in [0.29, 0.717) is 11.3 Å². The Balaban J connectivity index is 1.67. The van der Waals surface area contributed by atoms with Gasteiger partial charge in [-0.25, -0.2) is 0 Å². The van der Waals surface area contributed by atoms with Crippen molar-refractivity contribution >= 4 is 29.5 Å². The largest absolute Gasteiger partial charge is 0.496 e. The molecule has 0 radical (unpaired) electrons. The molecule has 43 heavy (non-hydrogen) atoms. The number of morpholine rings is 1. The number of ether oxygens (including phenoxy) is 2. The Hall–Kier alpha value is -4.45. The first-order chi connectivity index (χ1) is 20.6. The van der Waals surface area contributed by atoms with Crippen LogP contribution in [-0.2, 0) is 30.3 Å². The van der Waals surface area contributed by atoms with Crippen LogP contribution in [0.5, 0.6) is 5.75 Å². The Bertz CT molecular complexity index is 1330. The van der Waals surface area contributed by atoms with Gasteiger partial charge in [0.2, 0.25) is 17.7 Å². The predicted octanol–water partition coefficient (Wildman–Crippen LogP) is 0.361. The molecule has 0 aromatic heterocycles. The van der Waals surface area contributed by atoms with Crippen LogP contribution in [0.2, 0.25) is 0 Å². The molecule has 2 aliphatic rings. The molecule has 0 spiro atoms. The summed E-state index contributed by atoms with van der Waals surface area (Å²) in [5.74, 6) is -2.25. The summed E-state index contributed by atoms with van der Waals surface area (Å²) in [6, 6.07) is 14.1. The number of amides is 5. The highest BCUT2D eigenvalue weighted by Crippen LogP contribution is 2.22. The molecule has 2 aliphatic heterocycles. The number of rotatable bonds is 5. The number of benzene rings is 2. The fourth-order valence-corrected chi connectivity index (χ4v) is 5.21. The topological polar surface area (TPSA) is 146 Å². The average molecular weight is 594 g/mol. The van der Waals surface area contributed by atoms with Crippen molar-refractivity contribution in [1.82, 2.24) is 25.8 Å². The molecule has 2 aromatic rings. The Labute approximate surface area is 251 Å². The SMILES string of the molecule is COc1ccccc1C(=O)N1C[C@@H]2CNC(=O)[C@H](C(C)C)NC(=O)CN(C)C(=O)[C@@H](Cc3ccccc3)NC(=O)[C@@H](C1)O2. The molecule has 5 amide bonds. The van der Waals surface area contributed by atoms with Crippen molar-refractivity contribution in [1.29, 1.82) is 0 Å². The van der Waals surface area contributed by atoms with E-state index in [0.717, 1.165) is 5.56 Å². The van der Waals surface area contributed by atoms with Crippen molar-refractivity contribution in [3.63, 3.8) is 0 Å². The van der Waals surface area contributed by atoms with Crippen molar-refractivity contribution in [3.05, 3.63) is 65.7 Å². The highest BCUT2D eigenvalue weighted by atomic mass is 16.5. The molecule has 4 atom stereocenters. The quantitative estimate of drug-likeness (QED) is 0.454. The molecule has 2 bridgehead atoms. The molecular formula is C31H39N5O7. The normalized spacial score (nSPS) is 23.9. The zero-order valence-electron chi connectivity index (χ0n) is 24.9. The summed E-state index contributed by atoms with van der Waals surface area (Å²) in [5.41, 5.74) is 1.13. The Morgan fingerprint density at radius 1 is 0.977 bits per heavy atom. The molecule has 12 nitrogen and oxygen atoms in total. The molecule has 0 unspecified atom stereocenters. The number of fused-ring (bicyclic) bond motifs is 2. The number of carbonyl (C=O) groups excluding carboxylic acids is 5. The van der Waals surface area contributed by atoms with Crippen LogP contribution in [-0.4, -0.2) is 104 Å². The Morgan fingerprint density at radius 3 is 2.37 bits per heavy atom. The first-order valence-corrected chi connectivity index (χ1v) is 14.3. The van der Waals surface area contributed by atoms with Gasteiger partial charge in [-0.3, -0.25) is 24.0 Å². The third kappa shape index (κ3) is 7.89. The molecular weight excluding hydrogens is 554 g/mol. The van der Waals surface area contributed by atoms with Crippen LogP contribution >= 0.6 is 0 Å². The van der Waals surface area contributed by atoms with Crippen molar-refractivity contribution in [2.45, 2.75) is 44.6 Å². The second-order valence-corrected chi connectivity index (χ2v) is 11.1. The average Bonchev–Trinajstić information content (AvgIpc) is 3.01. The zero-order valence-corrected chi connectivity index (χ0v) is 24.9. The van der Waals surface area contributed by atoms with Gasteiger partial charge in [-0.05, 0) is 23.6 Å². The van der Waals surface area contributed by atoms with E-state index in [1.54, 1.807) is 38.1 Å². The van der Waals surface area contributed by atoms with Crippen LogP contribution in [0.15, 0.2) is 54.6 Å². The van der Waals surface area contributed by atoms with Crippen LogP contribution in [0, 0.1) is 5.92 Å². The first kappa shape index (κ1) is 31.5. The van der Waals surface area contributed by atoms with Crippen molar-refractivity contribution in [2.24, 2.45) is 5.92 Å². The maximum absolute atomic E-state index is 13.7. The van der Waals surface area contributed by atoms with Crippen molar-refractivity contribution in [3.8, 4) is 5.75 Å². The smallest absolute Gasteiger partial charge is 0.257 e. The van der Waals surface area contributed by atoms with Crippen LogP contribution in [0.1, 0.15) is 29.8 Å². The summed E-state index contributed by atoms with van der Waals surface area (Å²) in [5, 5.41) is 8.34. The summed E-state index contributed by atoms with van der Waals surface area (Å²) in [4.78, 5) is 69.7. The molecule has 2 aromatic carbocycles. The number of carbonyl (C=O) groups is 5. The lowest BCUT2D eigenvalue weighted by Crippen LogP contribution is -2.59. The molecule has 2 fully saturated rings. The van der Waals surface area contributed by atoms with Gasteiger partial charge < -0.3 is 35.2 Å². The van der Waals surface area contributed by atoms with Crippen LogP contribution < -0.4 is 20.7 Å². The minimum Gasteiger partial charge on any atom is -0.496 e. The summed E-state index contributed by atoms with van der Waals surface area (Å²) in [7, 11) is 2.94. The van der Waals surface area contributed by atoms with Gasteiger partial charge in [-0.15, -0.1) is 0 Å². The van der Waals surface area contributed by atoms with Crippen LogP contribution in [0.4, 0.5) is 0 Å². The van der Waals surface area contributed by atoms with Gasteiger partial charge >= 0.3 is 0 Å². The predicted molar refractivity (Wildman–Crippen MR) is 157 cm³/mol. The van der Waals surface area contributed by atoms with Crippen molar-refractivity contribution in [2.75, 3.05) is 40.3 Å². The van der Waals surface area contributed by atoms with Gasteiger partial charge in [-0.2, -0.15) is 0 Å². The van der Waals surface area contributed by atoms with E-state index in [2.05, 4.69) is 16.0 Å². The van der Waals surface area contributed by atoms with E-state index in [-0.39, 0.29) is 44.4 Å². The standard InChI is InChI=1S/C31H39N5O7/c1-19(2)27-29(39)32-15-21-16-36(30(40)22-12-8-9-13-24(22)42-4)17-25(43-21)28(38)33-23(14-20-10-6-5-7-11-20)31(41)35(3)18-26(37)34-27/h5-13,19,21,23,25,27H,14-18H2,1-4H3,(H,32,39)(H,33,38)(H,34,37)/t21-,23+,25+,27-/m0/s1. The number of para-hydroxylation sites is 1. The van der Waals surface area contributed by atoms with Gasteiger partial charge in [0.05, 0.1) is 31.9 Å². The second kappa shape index (κ2) is 14.1. The highest BCUT2D eigenvalue weighted by molar-refractivity contribution is 5.98.